The lowest BCUT2D eigenvalue weighted by Crippen LogP contribution is -1.96. The molecule has 0 saturated carbocycles. The fourth-order valence-corrected chi connectivity index (χ4v) is 5.04. The number of allylic oxidation sites excluding steroid dienone is 2. The summed E-state index contributed by atoms with van der Waals surface area (Å²) in [6.07, 6.45) is 15.6. The summed E-state index contributed by atoms with van der Waals surface area (Å²) in [5.41, 5.74) is 12.8. The minimum atomic E-state index is 1.05. The topological polar surface area (TPSA) is 0 Å². The van der Waals surface area contributed by atoms with E-state index < -0.39 is 0 Å². The highest BCUT2D eigenvalue weighted by Gasteiger charge is 2.20. The fraction of sp³-hybridized carbons (Fsp3) is 0.267. The van der Waals surface area contributed by atoms with Crippen LogP contribution in [0.15, 0.2) is 72.8 Å². The molecule has 0 fully saturated rings. The molecule has 3 aromatic rings. The van der Waals surface area contributed by atoms with E-state index in [1.807, 2.05) is 0 Å². The summed E-state index contributed by atoms with van der Waals surface area (Å²) in [5, 5.41) is 0. The summed E-state index contributed by atoms with van der Waals surface area (Å²) < 4.78 is 0. The van der Waals surface area contributed by atoms with Crippen LogP contribution in [0.3, 0.4) is 0 Å². The van der Waals surface area contributed by atoms with E-state index in [0.29, 0.717) is 0 Å². The van der Waals surface area contributed by atoms with Gasteiger partial charge in [-0.3, -0.25) is 0 Å². The van der Waals surface area contributed by atoms with Gasteiger partial charge in [0.2, 0.25) is 0 Å². The third-order valence-electron chi connectivity index (χ3n) is 6.64. The maximum absolute atomic E-state index is 2.51. The zero-order valence-electron chi connectivity index (χ0n) is 18.0. The molecule has 0 bridgehead atoms. The van der Waals surface area contributed by atoms with Crippen LogP contribution in [0.5, 0.6) is 0 Å². The van der Waals surface area contributed by atoms with Crippen LogP contribution in [-0.2, 0) is 12.8 Å². The van der Waals surface area contributed by atoms with Crippen molar-refractivity contribution in [1.82, 2.24) is 0 Å². The number of benzene rings is 3. The summed E-state index contributed by atoms with van der Waals surface area (Å²) in [5.74, 6) is 0. The maximum atomic E-state index is 2.51. The summed E-state index contributed by atoms with van der Waals surface area (Å²) in [6.45, 7) is 2.28. The average molecular weight is 391 g/mol. The monoisotopic (exact) mass is 390 g/mol. The van der Waals surface area contributed by atoms with Crippen LogP contribution < -0.4 is 0 Å². The Bertz CT molecular complexity index is 1130. The number of hydrogen-bond donors (Lipinski definition) is 0. The van der Waals surface area contributed by atoms with E-state index in [4.69, 9.17) is 0 Å². The molecule has 0 heteroatoms. The van der Waals surface area contributed by atoms with Gasteiger partial charge in [-0.2, -0.15) is 0 Å². The molecule has 0 spiro atoms. The van der Waals surface area contributed by atoms with Gasteiger partial charge in [0.05, 0.1) is 0 Å². The van der Waals surface area contributed by atoms with Crippen LogP contribution in [-0.4, -0.2) is 0 Å². The molecule has 0 atom stereocenters. The first-order valence-corrected chi connectivity index (χ1v) is 11.6. The molecule has 5 rings (SSSR count). The van der Waals surface area contributed by atoms with Crippen molar-refractivity contribution in [2.24, 2.45) is 0 Å². The van der Waals surface area contributed by atoms with Gasteiger partial charge in [0.15, 0.2) is 0 Å². The molecule has 0 N–H and O–H groups in total. The molecule has 0 heterocycles. The van der Waals surface area contributed by atoms with Crippen LogP contribution >= 0.6 is 0 Å². The summed E-state index contributed by atoms with van der Waals surface area (Å²) in [6, 6.07) is 22.8. The highest BCUT2D eigenvalue weighted by atomic mass is 14.2. The van der Waals surface area contributed by atoms with Crippen molar-refractivity contribution in [2.45, 2.75) is 51.9 Å². The first kappa shape index (κ1) is 19.1. The lowest BCUT2D eigenvalue weighted by molar-refractivity contribution is 0.675. The molecule has 2 aliphatic rings. The van der Waals surface area contributed by atoms with Gasteiger partial charge in [0.1, 0.15) is 0 Å². The molecule has 2 aliphatic carbocycles. The third-order valence-corrected chi connectivity index (χ3v) is 6.64. The van der Waals surface area contributed by atoms with E-state index in [1.54, 1.807) is 0 Å². The molecule has 0 aromatic heterocycles. The molecule has 150 valence electrons. The van der Waals surface area contributed by atoms with E-state index in [9.17, 15) is 0 Å². The Hall–Kier alpha value is -2.86. The largest absolute Gasteiger partial charge is 0.0795 e. The van der Waals surface area contributed by atoms with Gasteiger partial charge >= 0.3 is 0 Å². The lowest BCUT2D eigenvalue weighted by Gasteiger charge is -2.15. The maximum Gasteiger partial charge on any atom is -0.00134 e. The van der Waals surface area contributed by atoms with Crippen molar-refractivity contribution in [2.75, 3.05) is 0 Å². The molecule has 0 unspecified atom stereocenters. The molecule has 0 saturated heterocycles. The van der Waals surface area contributed by atoms with Gasteiger partial charge in [-0.05, 0) is 81.8 Å². The molecule has 30 heavy (non-hydrogen) atoms. The van der Waals surface area contributed by atoms with Gasteiger partial charge in [-0.15, -0.1) is 0 Å². The summed E-state index contributed by atoms with van der Waals surface area (Å²) >= 11 is 0. The summed E-state index contributed by atoms with van der Waals surface area (Å²) in [7, 11) is 0. The van der Waals surface area contributed by atoms with Crippen LogP contribution in [0, 0.1) is 0 Å². The number of hydrogen-bond acceptors (Lipinski definition) is 0. The van der Waals surface area contributed by atoms with Crippen LogP contribution in [0.25, 0.3) is 22.8 Å². The molecule has 0 nitrogen and oxygen atoms in total. The SMILES string of the molecule is CCCCCC/C=C(\c1ccc2c(c1)-c1ccccc1C2)c1cccc2c1CC=C2. The van der Waals surface area contributed by atoms with Gasteiger partial charge in [-0.1, -0.05) is 99.0 Å². The van der Waals surface area contributed by atoms with Gasteiger partial charge in [-0.25, -0.2) is 0 Å². The fourth-order valence-electron chi connectivity index (χ4n) is 5.04. The zero-order valence-corrected chi connectivity index (χ0v) is 18.0. The second kappa shape index (κ2) is 8.48. The number of rotatable bonds is 7. The highest BCUT2D eigenvalue weighted by Crippen LogP contribution is 2.40. The molecule has 0 radical (unpaired) electrons. The van der Waals surface area contributed by atoms with Crippen LogP contribution in [0.1, 0.15) is 72.4 Å². The zero-order chi connectivity index (χ0) is 20.3. The van der Waals surface area contributed by atoms with Crippen LogP contribution in [0.2, 0.25) is 0 Å². The van der Waals surface area contributed by atoms with Crippen molar-refractivity contribution < 1.29 is 0 Å². The standard InChI is InChI=1S/C30H30/c1-2-3-4-5-6-14-27(29-17-10-13-22-12-9-16-26(22)29)25-19-18-24-20-23-11-7-8-15-28(23)30(24)21-25/h7-15,17-19,21H,2-6,16,20H2,1H3/b27-14+. The summed E-state index contributed by atoms with van der Waals surface area (Å²) in [4.78, 5) is 0. The van der Waals surface area contributed by atoms with E-state index in [-0.39, 0.29) is 0 Å². The Balaban J connectivity index is 1.55. The Kier molecular flexibility index (Phi) is 5.41. The van der Waals surface area contributed by atoms with Gasteiger partial charge < -0.3 is 0 Å². The van der Waals surface area contributed by atoms with Gasteiger partial charge in [0, 0.05) is 0 Å². The second-order valence-electron chi connectivity index (χ2n) is 8.65. The van der Waals surface area contributed by atoms with Crippen molar-refractivity contribution in [3.63, 3.8) is 0 Å². The highest BCUT2D eigenvalue weighted by molar-refractivity contribution is 5.87. The number of unbranched alkanes of at least 4 members (excludes halogenated alkanes) is 4. The minimum absolute atomic E-state index is 1.05. The van der Waals surface area contributed by atoms with Crippen molar-refractivity contribution in [3.8, 4) is 11.1 Å². The van der Waals surface area contributed by atoms with Crippen LogP contribution in [0.4, 0.5) is 0 Å². The third kappa shape index (κ3) is 3.56. The predicted molar refractivity (Wildman–Crippen MR) is 130 cm³/mol. The van der Waals surface area contributed by atoms with E-state index in [0.717, 1.165) is 19.3 Å². The van der Waals surface area contributed by atoms with E-state index in [2.05, 4.69) is 85.8 Å². The van der Waals surface area contributed by atoms with Gasteiger partial charge in [0.25, 0.3) is 0 Å². The molecule has 0 amide bonds. The average Bonchev–Trinajstić information content (AvgIpc) is 3.40. The Morgan fingerprint density at radius 1 is 0.867 bits per heavy atom. The Morgan fingerprint density at radius 3 is 2.70 bits per heavy atom. The second-order valence-corrected chi connectivity index (χ2v) is 8.65. The first-order chi connectivity index (χ1) is 14.8. The smallest absolute Gasteiger partial charge is 0.00134 e. The quantitative estimate of drug-likeness (QED) is 0.279. The Morgan fingerprint density at radius 2 is 1.77 bits per heavy atom. The molecule has 3 aromatic carbocycles. The van der Waals surface area contributed by atoms with Crippen molar-refractivity contribution in [1.29, 1.82) is 0 Å². The Labute approximate surface area is 181 Å². The first-order valence-electron chi connectivity index (χ1n) is 11.6. The lowest BCUT2D eigenvalue weighted by atomic mass is 9.89. The van der Waals surface area contributed by atoms with Crippen molar-refractivity contribution in [3.05, 3.63) is 106 Å². The van der Waals surface area contributed by atoms with E-state index in [1.165, 1.54) is 75.8 Å². The van der Waals surface area contributed by atoms with Crippen molar-refractivity contribution >= 4 is 11.6 Å². The molecule has 0 aliphatic heterocycles. The minimum Gasteiger partial charge on any atom is -0.0795 e. The molecular weight excluding hydrogens is 360 g/mol. The molecular formula is C30H30. The van der Waals surface area contributed by atoms with E-state index >= 15 is 0 Å². The normalized spacial score (nSPS) is 14.0. The number of fused-ring (bicyclic) bond motifs is 4. The predicted octanol–water partition coefficient (Wildman–Crippen LogP) is 8.23.